The molecule has 0 amide bonds. The van der Waals surface area contributed by atoms with Crippen molar-refractivity contribution in [2.24, 2.45) is 16.5 Å². The van der Waals surface area contributed by atoms with Crippen molar-refractivity contribution >= 4 is 38.5 Å². The fraction of sp³-hybridized carbons (Fsp3) is 0.655. The van der Waals surface area contributed by atoms with Crippen molar-refractivity contribution in [3.05, 3.63) is 32.7 Å². The zero-order chi connectivity index (χ0) is 28.9. The molecule has 0 unspecified atom stereocenters. The highest BCUT2D eigenvalue weighted by Gasteiger charge is 2.51. The van der Waals surface area contributed by atoms with Crippen LogP contribution >= 0.6 is 21.6 Å². The molecule has 5 atom stereocenters. The average Bonchev–Trinajstić information content (AvgIpc) is 3.56. The van der Waals surface area contributed by atoms with Crippen LogP contribution in [0.3, 0.4) is 0 Å². The van der Waals surface area contributed by atoms with E-state index in [0.29, 0.717) is 40.4 Å². The third-order valence-corrected chi connectivity index (χ3v) is 11.3. The first-order valence-corrected chi connectivity index (χ1v) is 17.0. The number of hydrogen-bond acceptors (Lipinski definition) is 10. The lowest BCUT2D eigenvalue weighted by Gasteiger charge is -2.37. The van der Waals surface area contributed by atoms with E-state index in [4.69, 9.17) is 25.4 Å². The van der Waals surface area contributed by atoms with Gasteiger partial charge in [0.05, 0.1) is 17.7 Å². The number of hydrogen-bond donors (Lipinski definition) is 5. The monoisotopic (exact) mass is 605 g/mol. The number of guanidine groups is 1. The lowest BCUT2D eigenvalue weighted by atomic mass is 9.74. The summed E-state index contributed by atoms with van der Waals surface area (Å²) < 4.78 is 19.9. The first kappa shape index (κ1) is 29.0. The fourth-order valence-electron chi connectivity index (χ4n) is 7.03. The van der Waals surface area contributed by atoms with Gasteiger partial charge >= 0.3 is 0 Å². The van der Waals surface area contributed by atoms with Crippen molar-refractivity contribution in [3.63, 3.8) is 0 Å². The normalized spacial score (nSPS) is 30.0. The number of aliphatic hydroxyl groups excluding tert-OH is 2. The Bertz CT molecular complexity index is 1400. The number of rotatable bonds is 5. The molecular weight excluding hydrogens is 566 g/mol. The molecule has 41 heavy (non-hydrogen) atoms. The molecule has 1 aromatic heterocycles. The van der Waals surface area contributed by atoms with E-state index < -0.39 is 23.9 Å². The van der Waals surface area contributed by atoms with Crippen LogP contribution in [-0.2, 0) is 12.2 Å². The van der Waals surface area contributed by atoms with Crippen LogP contribution in [0.25, 0.3) is 11.0 Å². The first-order chi connectivity index (χ1) is 19.7. The van der Waals surface area contributed by atoms with Gasteiger partial charge in [0.15, 0.2) is 11.4 Å². The van der Waals surface area contributed by atoms with Gasteiger partial charge in [0, 0.05) is 53.6 Å². The van der Waals surface area contributed by atoms with Gasteiger partial charge in [-0.15, -0.1) is 0 Å². The average molecular weight is 606 g/mol. The summed E-state index contributed by atoms with van der Waals surface area (Å²) in [4.78, 5) is 18.7. The molecule has 2 aliphatic carbocycles. The molecule has 224 valence electrons. The molecule has 2 fully saturated rings. The van der Waals surface area contributed by atoms with Crippen LogP contribution in [0.2, 0.25) is 0 Å². The van der Waals surface area contributed by atoms with Gasteiger partial charge in [0.2, 0.25) is 0 Å². The smallest absolute Gasteiger partial charge is 0.200 e. The summed E-state index contributed by atoms with van der Waals surface area (Å²) in [6, 6.07) is -0.405. The molecule has 12 heteroatoms. The van der Waals surface area contributed by atoms with E-state index in [1.165, 1.54) is 0 Å². The van der Waals surface area contributed by atoms with Crippen LogP contribution in [-0.4, -0.2) is 57.5 Å². The third kappa shape index (κ3) is 5.30. The highest BCUT2D eigenvalue weighted by atomic mass is 33.1. The van der Waals surface area contributed by atoms with E-state index in [2.05, 4.69) is 4.99 Å². The zero-order valence-electron chi connectivity index (χ0n) is 23.3. The van der Waals surface area contributed by atoms with Crippen LogP contribution in [0.4, 0.5) is 0 Å². The molecule has 3 heterocycles. The van der Waals surface area contributed by atoms with E-state index >= 15 is 0 Å². The Hall–Kier alpha value is -2.12. The maximum absolute atomic E-state index is 14.4. The lowest BCUT2D eigenvalue weighted by Crippen LogP contribution is -2.47. The second kappa shape index (κ2) is 11.5. The highest BCUT2D eigenvalue weighted by Crippen LogP contribution is 2.57. The Morgan fingerprint density at radius 1 is 1.20 bits per heavy atom. The fourth-order valence-corrected chi connectivity index (χ4v) is 9.32. The first-order valence-electron chi connectivity index (χ1n) is 14.6. The van der Waals surface area contributed by atoms with Gasteiger partial charge in [0.25, 0.3) is 0 Å². The van der Waals surface area contributed by atoms with E-state index in [0.717, 1.165) is 49.7 Å². The van der Waals surface area contributed by atoms with Crippen LogP contribution in [0, 0.1) is 0 Å². The van der Waals surface area contributed by atoms with Gasteiger partial charge in [-0.3, -0.25) is 4.79 Å². The number of nitrogens with zero attached hydrogens (tertiary/aromatic N) is 1. The Kier molecular flexibility index (Phi) is 8.14. The summed E-state index contributed by atoms with van der Waals surface area (Å²) in [5.74, 6) is 2.00. The lowest BCUT2D eigenvalue weighted by molar-refractivity contribution is -0.0727. The number of aliphatic hydroxyl groups is 3. The molecular formula is C29H39N3O7S2. The molecule has 7 N–H and O–H groups in total. The van der Waals surface area contributed by atoms with Gasteiger partial charge < -0.3 is 40.7 Å². The summed E-state index contributed by atoms with van der Waals surface area (Å²) in [5.41, 5.74) is 12.1. The Morgan fingerprint density at radius 2 is 1.98 bits per heavy atom. The van der Waals surface area contributed by atoms with Crippen LogP contribution in [0.15, 0.2) is 14.2 Å². The van der Waals surface area contributed by atoms with E-state index in [-0.39, 0.29) is 54.2 Å². The second-order valence-corrected chi connectivity index (χ2v) is 14.4. The van der Waals surface area contributed by atoms with Crippen molar-refractivity contribution in [1.29, 1.82) is 0 Å². The van der Waals surface area contributed by atoms with E-state index in [9.17, 15) is 20.1 Å². The summed E-state index contributed by atoms with van der Waals surface area (Å²) in [6.45, 7) is 1.53. The number of benzene rings is 1. The minimum absolute atomic E-state index is 0.0215. The van der Waals surface area contributed by atoms with Crippen molar-refractivity contribution in [1.82, 2.24) is 0 Å². The predicted molar refractivity (Wildman–Crippen MR) is 161 cm³/mol. The van der Waals surface area contributed by atoms with Crippen molar-refractivity contribution in [2.75, 3.05) is 12.4 Å². The summed E-state index contributed by atoms with van der Waals surface area (Å²) >= 11 is 0. The maximum atomic E-state index is 14.4. The summed E-state index contributed by atoms with van der Waals surface area (Å²) in [6.07, 6.45) is 4.69. The molecule has 10 nitrogen and oxygen atoms in total. The van der Waals surface area contributed by atoms with Crippen molar-refractivity contribution in [2.45, 2.75) is 106 Å². The van der Waals surface area contributed by atoms with E-state index in [1.54, 1.807) is 21.6 Å². The quantitative estimate of drug-likeness (QED) is 0.192. The molecule has 2 aromatic rings. The molecule has 6 rings (SSSR count). The van der Waals surface area contributed by atoms with Crippen molar-refractivity contribution < 1.29 is 29.2 Å². The molecule has 2 aliphatic heterocycles. The topological polar surface area (TPSA) is 174 Å². The zero-order valence-corrected chi connectivity index (χ0v) is 24.9. The third-order valence-electron chi connectivity index (χ3n) is 8.92. The van der Waals surface area contributed by atoms with Gasteiger partial charge in [-0.2, -0.15) is 0 Å². The van der Waals surface area contributed by atoms with Crippen molar-refractivity contribution in [3.8, 4) is 11.5 Å². The molecule has 0 saturated heterocycles. The number of ether oxygens (including phenoxy) is 2. The van der Waals surface area contributed by atoms with Gasteiger partial charge in [-0.05, 0) is 51.9 Å². The van der Waals surface area contributed by atoms with Crippen LogP contribution in [0.5, 0.6) is 11.5 Å². The largest absolute Gasteiger partial charge is 0.489 e. The highest BCUT2D eigenvalue weighted by molar-refractivity contribution is 8.76. The Morgan fingerprint density at radius 3 is 2.71 bits per heavy atom. The predicted octanol–water partition coefficient (Wildman–Crippen LogP) is 3.39. The maximum Gasteiger partial charge on any atom is 0.200 e. The molecule has 2 bridgehead atoms. The second-order valence-electron chi connectivity index (χ2n) is 11.9. The molecule has 2 saturated carbocycles. The van der Waals surface area contributed by atoms with Gasteiger partial charge in [-0.25, -0.2) is 4.99 Å². The Balaban J connectivity index is 1.62. The molecule has 1 aromatic carbocycles. The van der Waals surface area contributed by atoms with Gasteiger partial charge in [0.1, 0.15) is 40.4 Å². The number of fused-ring (bicyclic) bond motifs is 5. The molecule has 0 radical (unpaired) electrons. The van der Waals surface area contributed by atoms with Crippen LogP contribution in [0.1, 0.15) is 92.8 Å². The molecule has 4 aliphatic rings. The minimum Gasteiger partial charge on any atom is -0.489 e. The Labute approximate surface area is 246 Å². The summed E-state index contributed by atoms with van der Waals surface area (Å²) in [7, 11) is 3.15. The SMILES string of the molecule is C[C@]1(O)CCC[C@H]2c3c(c4c5oc(c(CCO)c(=O)c5c3OC3CCCC3)[C@H](O)C[C@@H](N=C(N)N)CSSC4)O[C@@H]21. The van der Waals surface area contributed by atoms with E-state index in [1.807, 2.05) is 6.92 Å². The number of nitrogens with two attached hydrogens (primary N) is 2. The number of aliphatic imine (C=N–C) groups is 1. The van der Waals surface area contributed by atoms with Crippen LogP contribution < -0.4 is 26.4 Å². The molecule has 0 spiro atoms. The summed E-state index contributed by atoms with van der Waals surface area (Å²) in [5, 5.41) is 33.0. The van der Waals surface area contributed by atoms with Gasteiger partial charge in [-0.1, -0.05) is 21.6 Å². The minimum atomic E-state index is -1.17. The standard InChI is InChI=1S/C29H39N3O7S2/c1-29(36)9-4-7-16-20-24(39-27(16)29)18-13-41-40-12-14(32-28(30)31)11-19(34)23-17(8-10-33)22(35)21(25(18)38-23)26(20)37-15-5-2-3-6-15/h14-16,19,27,33-34,36H,2-13H2,1H3,(H4,30,31,32)/t14-,16+,19-,27+,29+/m1/s1.